The molecule has 0 bridgehead atoms. The molecule has 25 heavy (non-hydrogen) atoms. The van der Waals surface area contributed by atoms with Gasteiger partial charge in [0.1, 0.15) is 5.75 Å². The van der Waals surface area contributed by atoms with Crippen LogP contribution in [0.15, 0.2) is 48.5 Å². The summed E-state index contributed by atoms with van der Waals surface area (Å²) in [6.45, 7) is 1.99. The first-order valence-electron chi connectivity index (χ1n) is 7.88. The van der Waals surface area contributed by atoms with Gasteiger partial charge in [0, 0.05) is 17.1 Å². The molecule has 6 heteroatoms. The van der Waals surface area contributed by atoms with Gasteiger partial charge < -0.3 is 19.5 Å². The van der Waals surface area contributed by atoms with Crippen molar-refractivity contribution in [1.82, 2.24) is 4.98 Å². The van der Waals surface area contributed by atoms with Crippen LogP contribution in [0.1, 0.15) is 5.69 Å². The molecule has 0 radical (unpaired) electrons. The molecule has 0 unspecified atom stereocenters. The fourth-order valence-corrected chi connectivity index (χ4v) is 2.71. The molecule has 6 nitrogen and oxygen atoms in total. The van der Waals surface area contributed by atoms with Gasteiger partial charge >= 0.3 is 0 Å². The lowest BCUT2D eigenvalue weighted by Gasteiger charge is -2.11. The average Bonchev–Trinajstić information content (AvgIpc) is 3.07. The monoisotopic (exact) mass is 336 g/mol. The molecule has 1 aliphatic heterocycles. The van der Waals surface area contributed by atoms with Crippen molar-refractivity contribution in [2.45, 2.75) is 6.92 Å². The van der Waals surface area contributed by atoms with E-state index in [0.29, 0.717) is 17.2 Å². The minimum atomic E-state index is -0.242. The van der Waals surface area contributed by atoms with E-state index in [1.165, 1.54) is 0 Å². The first-order valence-corrected chi connectivity index (χ1v) is 7.88. The van der Waals surface area contributed by atoms with Crippen molar-refractivity contribution in [2.24, 2.45) is 0 Å². The molecule has 2 aromatic carbocycles. The molecule has 3 aromatic rings. The van der Waals surface area contributed by atoms with E-state index in [4.69, 9.17) is 14.2 Å². The van der Waals surface area contributed by atoms with Gasteiger partial charge in [0.2, 0.25) is 6.79 Å². The topological polar surface area (TPSA) is 69.7 Å². The summed E-state index contributed by atoms with van der Waals surface area (Å²) < 4.78 is 16.1. The Morgan fingerprint density at radius 1 is 1.16 bits per heavy atom. The van der Waals surface area contributed by atoms with Crippen LogP contribution in [0.4, 0.5) is 5.69 Å². The average molecular weight is 336 g/mol. The van der Waals surface area contributed by atoms with Gasteiger partial charge in [-0.2, -0.15) is 0 Å². The maximum Gasteiger partial charge on any atom is 0.262 e. The summed E-state index contributed by atoms with van der Waals surface area (Å²) in [6, 6.07) is 14.7. The molecule has 1 aromatic heterocycles. The second-order valence-corrected chi connectivity index (χ2v) is 5.68. The summed E-state index contributed by atoms with van der Waals surface area (Å²) in [4.78, 5) is 16.7. The summed E-state index contributed by atoms with van der Waals surface area (Å²) in [5.74, 6) is 1.60. The SMILES string of the molecule is Cc1cc(NC(=O)COc2ccc3c(c2)OCO3)c2ccccc2n1. The molecule has 2 heterocycles. The number of pyridine rings is 1. The van der Waals surface area contributed by atoms with Crippen LogP contribution in [0.3, 0.4) is 0 Å². The number of ether oxygens (including phenoxy) is 3. The van der Waals surface area contributed by atoms with E-state index < -0.39 is 0 Å². The lowest BCUT2D eigenvalue weighted by molar-refractivity contribution is -0.118. The van der Waals surface area contributed by atoms with E-state index in [0.717, 1.165) is 22.3 Å². The Kier molecular flexibility index (Phi) is 3.85. The van der Waals surface area contributed by atoms with E-state index in [9.17, 15) is 4.79 Å². The van der Waals surface area contributed by atoms with Gasteiger partial charge in [0.05, 0.1) is 11.2 Å². The zero-order chi connectivity index (χ0) is 17.2. The predicted octanol–water partition coefficient (Wildman–Crippen LogP) is 3.29. The van der Waals surface area contributed by atoms with Crippen molar-refractivity contribution >= 4 is 22.5 Å². The molecule has 4 rings (SSSR count). The van der Waals surface area contributed by atoms with Crippen LogP contribution >= 0.6 is 0 Å². The van der Waals surface area contributed by atoms with Gasteiger partial charge in [-0.3, -0.25) is 9.78 Å². The van der Waals surface area contributed by atoms with Gasteiger partial charge in [-0.1, -0.05) is 18.2 Å². The van der Waals surface area contributed by atoms with Crippen LogP contribution in [0.25, 0.3) is 10.9 Å². The number of carbonyl (C=O) groups is 1. The molecule has 0 saturated carbocycles. The Labute approximate surface area is 144 Å². The molecule has 1 N–H and O–H groups in total. The van der Waals surface area contributed by atoms with Gasteiger partial charge in [-0.25, -0.2) is 0 Å². The third-order valence-corrected chi connectivity index (χ3v) is 3.83. The Bertz CT molecular complexity index is 955. The molecule has 126 valence electrons. The van der Waals surface area contributed by atoms with E-state index in [1.54, 1.807) is 18.2 Å². The summed E-state index contributed by atoms with van der Waals surface area (Å²) in [5.41, 5.74) is 2.41. The van der Waals surface area contributed by atoms with Crippen molar-refractivity contribution in [3.05, 3.63) is 54.2 Å². The fourth-order valence-electron chi connectivity index (χ4n) is 2.71. The van der Waals surface area contributed by atoms with Gasteiger partial charge in [-0.15, -0.1) is 0 Å². The second-order valence-electron chi connectivity index (χ2n) is 5.68. The number of nitrogens with zero attached hydrogens (tertiary/aromatic N) is 1. The van der Waals surface area contributed by atoms with Crippen LogP contribution in [0.2, 0.25) is 0 Å². The van der Waals surface area contributed by atoms with Crippen LogP contribution in [0.5, 0.6) is 17.2 Å². The van der Waals surface area contributed by atoms with Crippen LogP contribution in [0, 0.1) is 6.92 Å². The number of rotatable bonds is 4. The van der Waals surface area contributed by atoms with E-state index in [2.05, 4.69) is 10.3 Å². The van der Waals surface area contributed by atoms with Crippen molar-refractivity contribution in [3.63, 3.8) is 0 Å². The number of hydrogen-bond acceptors (Lipinski definition) is 5. The lowest BCUT2D eigenvalue weighted by Crippen LogP contribution is -2.20. The van der Waals surface area contributed by atoms with Crippen molar-refractivity contribution in [3.8, 4) is 17.2 Å². The van der Waals surface area contributed by atoms with Crippen molar-refractivity contribution in [2.75, 3.05) is 18.7 Å². The van der Waals surface area contributed by atoms with Gasteiger partial charge in [0.15, 0.2) is 18.1 Å². The largest absolute Gasteiger partial charge is 0.484 e. The second kappa shape index (κ2) is 6.32. The summed E-state index contributed by atoms with van der Waals surface area (Å²) >= 11 is 0. The van der Waals surface area contributed by atoms with E-state index in [1.807, 2.05) is 37.3 Å². The first-order chi connectivity index (χ1) is 12.2. The molecular weight excluding hydrogens is 320 g/mol. The smallest absolute Gasteiger partial charge is 0.262 e. The number of aromatic nitrogens is 1. The molecule has 0 spiro atoms. The Morgan fingerprint density at radius 2 is 2.00 bits per heavy atom. The quantitative estimate of drug-likeness (QED) is 0.792. The highest BCUT2D eigenvalue weighted by atomic mass is 16.7. The highest BCUT2D eigenvalue weighted by molar-refractivity contribution is 6.01. The Morgan fingerprint density at radius 3 is 2.92 bits per heavy atom. The maximum absolute atomic E-state index is 12.3. The highest BCUT2D eigenvalue weighted by Gasteiger charge is 2.14. The minimum Gasteiger partial charge on any atom is -0.484 e. The standard InChI is InChI=1S/C19H16N2O4/c1-12-8-16(14-4-2-3-5-15(14)20-12)21-19(22)10-23-13-6-7-17-18(9-13)25-11-24-17/h2-9H,10-11H2,1H3,(H,20,21,22). The number of benzene rings is 2. The molecule has 1 amide bonds. The number of anilines is 1. The minimum absolute atomic E-state index is 0.102. The Hall–Kier alpha value is -3.28. The normalized spacial score (nSPS) is 12.2. The first kappa shape index (κ1) is 15.3. The number of amides is 1. The Balaban J connectivity index is 1.46. The van der Waals surface area contributed by atoms with Crippen molar-refractivity contribution in [1.29, 1.82) is 0 Å². The molecule has 0 atom stereocenters. The van der Waals surface area contributed by atoms with Crippen molar-refractivity contribution < 1.29 is 19.0 Å². The predicted molar refractivity (Wildman–Crippen MR) is 93.2 cm³/mol. The van der Waals surface area contributed by atoms with Crippen LogP contribution in [-0.4, -0.2) is 24.3 Å². The third-order valence-electron chi connectivity index (χ3n) is 3.83. The van der Waals surface area contributed by atoms with Crippen LogP contribution in [-0.2, 0) is 4.79 Å². The van der Waals surface area contributed by atoms with E-state index >= 15 is 0 Å². The molecule has 0 fully saturated rings. The van der Waals surface area contributed by atoms with Crippen LogP contribution < -0.4 is 19.5 Å². The van der Waals surface area contributed by atoms with Gasteiger partial charge in [-0.05, 0) is 31.2 Å². The summed E-state index contributed by atoms with van der Waals surface area (Å²) in [6.07, 6.45) is 0. The summed E-state index contributed by atoms with van der Waals surface area (Å²) in [5, 5.41) is 3.78. The molecule has 0 saturated heterocycles. The van der Waals surface area contributed by atoms with Gasteiger partial charge in [0.25, 0.3) is 5.91 Å². The molecule has 1 aliphatic rings. The number of hydrogen-bond donors (Lipinski definition) is 1. The maximum atomic E-state index is 12.3. The molecular formula is C19H16N2O4. The number of fused-ring (bicyclic) bond motifs is 2. The van der Waals surface area contributed by atoms with E-state index in [-0.39, 0.29) is 19.3 Å². The number of nitrogens with one attached hydrogen (secondary N) is 1. The number of para-hydroxylation sites is 1. The lowest BCUT2D eigenvalue weighted by atomic mass is 10.1. The number of aryl methyl sites for hydroxylation is 1. The fraction of sp³-hybridized carbons (Fsp3) is 0.158. The highest BCUT2D eigenvalue weighted by Crippen LogP contribution is 2.35. The number of carbonyl (C=O) groups excluding carboxylic acids is 1. The summed E-state index contributed by atoms with van der Waals surface area (Å²) in [7, 11) is 0. The molecule has 0 aliphatic carbocycles. The zero-order valence-electron chi connectivity index (χ0n) is 13.6. The zero-order valence-corrected chi connectivity index (χ0v) is 13.6. The third kappa shape index (κ3) is 3.19.